The Morgan fingerprint density at radius 1 is 1.04 bits per heavy atom. The molecule has 0 amide bonds. The number of hydrazine groups is 1. The molecule has 27 heavy (non-hydrogen) atoms. The topological polar surface area (TPSA) is 63.2 Å². The van der Waals surface area contributed by atoms with Gasteiger partial charge in [0.25, 0.3) is 0 Å². The number of benzene rings is 2. The van der Waals surface area contributed by atoms with Gasteiger partial charge in [-0.15, -0.1) is 0 Å². The summed E-state index contributed by atoms with van der Waals surface area (Å²) in [5.74, 6) is -0.337. The lowest BCUT2D eigenvalue weighted by Gasteiger charge is -2.12. The molecule has 0 spiro atoms. The molecule has 1 aromatic heterocycles. The molecule has 0 atom stereocenters. The molecule has 138 valence electrons. The second kappa shape index (κ2) is 8.96. The van der Waals surface area contributed by atoms with Crippen molar-refractivity contribution in [3.05, 3.63) is 83.6 Å². The van der Waals surface area contributed by atoms with E-state index in [0.717, 1.165) is 22.4 Å². The summed E-state index contributed by atoms with van der Waals surface area (Å²) in [7, 11) is 0. The molecule has 5 nitrogen and oxygen atoms in total. The minimum Gasteiger partial charge on any atom is -0.462 e. The summed E-state index contributed by atoms with van der Waals surface area (Å²) in [6.07, 6.45) is 1.71. The summed E-state index contributed by atoms with van der Waals surface area (Å²) in [5.41, 5.74) is 11.4. The Kier molecular flexibility index (Phi) is 6.18. The van der Waals surface area contributed by atoms with Crippen molar-refractivity contribution < 1.29 is 9.53 Å². The Morgan fingerprint density at radius 2 is 1.78 bits per heavy atom. The van der Waals surface area contributed by atoms with Crippen molar-refractivity contribution in [2.75, 3.05) is 12.0 Å². The highest BCUT2D eigenvalue weighted by Crippen LogP contribution is 2.25. The summed E-state index contributed by atoms with van der Waals surface area (Å²) < 4.78 is 5.19. The Morgan fingerprint density at radius 3 is 2.48 bits per heavy atom. The second-order valence-corrected chi connectivity index (χ2v) is 6.11. The molecule has 0 bridgehead atoms. The van der Waals surface area contributed by atoms with Gasteiger partial charge in [-0.25, -0.2) is 10.2 Å². The van der Waals surface area contributed by atoms with Crippen molar-refractivity contribution in [3.63, 3.8) is 0 Å². The first-order valence-electron chi connectivity index (χ1n) is 8.95. The van der Waals surface area contributed by atoms with Crippen molar-refractivity contribution in [1.82, 2.24) is 10.4 Å². The quantitative estimate of drug-likeness (QED) is 0.484. The third-order valence-corrected chi connectivity index (χ3v) is 4.17. The summed E-state index contributed by atoms with van der Waals surface area (Å²) >= 11 is 0. The van der Waals surface area contributed by atoms with Crippen molar-refractivity contribution >= 4 is 11.7 Å². The standard InChI is InChI=1S/C22H23N3O2/c1-3-27-22(26)20-16(2)13-14-23-21(20)18-11-9-17(10-12-18)15-24-25-19-7-5-4-6-8-19/h4-14,24-25H,3,15H2,1-2H3. The first kappa shape index (κ1) is 18.6. The van der Waals surface area contributed by atoms with Crippen LogP contribution in [0.3, 0.4) is 0 Å². The van der Waals surface area contributed by atoms with Gasteiger partial charge in [-0.2, -0.15) is 0 Å². The number of carbonyl (C=O) groups excluding carboxylic acids is 1. The van der Waals surface area contributed by atoms with E-state index in [0.29, 0.717) is 24.4 Å². The highest BCUT2D eigenvalue weighted by Gasteiger charge is 2.17. The van der Waals surface area contributed by atoms with Crippen LogP contribution in [0.25, 0.3) is 11.3 Å². The molecule has 0 aliphatic heterocycles. The van der Waals surface area contributed by atoms with Crippen molar-refractivity contribution in [1.29, 1.82) is 0 Å². The summed E-state index contributed by atoms with van der Waals surface area (Å²) in [5, 5.41) is 0. The van der Waals surface area contributed by atoms with E-state index < -0.39 is 0 Å². The first-order valence-corrected chi connectivity index (χ1v) is 8.95. The fourth-order valence-electron chi connectivity index (χ4n) is 2.79. The highest BCUT2D eigenvalue weighted by molar-refractivity contribution is 5.97. The maximum absolute atomic E-state index is 12.3. The van der Waals surface area contributed by atoms with E-state index in [4.69, 9.17) is 4.74 Å². The van der Waals surface area contributed by atoms with Crippen LogP contribution in [0.1, 0.15) is 28.4 Å². The van der Waals surface area contributed by atoms with Crippen LogP contribution < -0.4 is 10.9 Å². The van der Waals surface area contributed by atoms with E-state index in [2.05, 4.69) is 15.8 Å². The number of pyridine rings is 1. The minimum atomic E-state index is -0.337. The van der Waals surface area contributed by atoms with Crippen LogP contribution in [-0.4, -0.2) is 17.6 Å². The van der Waals surface area contributed by atoms with E-state index in [1.807, 2.05) is 67.6 Å². The van der Waals surface area contributed by atoms with Gasteiger partial charge in [-0.05, 0) is 43.2 Å². The highest BCUT2D eigenvalue weighted by atomic mass is 16.5. The van der Waals surface area contributed by atoms with Crippen LogP contribution in [0.2, 0.25) is 0 Å². The average molecular weight is 361 g/mol. The Labute approximate surface area is 159 Å². The molecular weight excluding hydrogens is 338 g/mol. The average Bonchev–Trinajstić information content (AvgIpc) is 2.69. The number of esters is 1. The second-order valence-electron chi connectivity index (χ2n) is 6.11. The zero-order chi connectivity index (χ0) is 19.1. The molecule has 1 heterocycles. The lowest BCUT2D eigenvalue weighted by atomic mass is 10.0. The van der Waals surface area contributed by atoms with Gasteiger partial charge >= 0.3 is 5.97 Å². The fourth-order valence-corrected chi connectivity index (χ4v) is 2.79. The van der Waals surface area contributed by atoms with Crippen LogP contribution in [0.15, 0.2) is 66.9 Å². The fraction of sp³-hybridized carbons (Fsp3) is 0.182. The predicted molar refractivity (Wildman–Crippen MR) is 107 cm³/mol. The molecule has 3 rings (SSSR count). The smallest absolute Gasteiger partial charge is 0.340 e. The number of ether oxygens (including phenoxy) is 1. The van der Waals surface area contributed by atoms with Gasteiger partial charge in [-0.1, -0.05) is 42.5 Å². The third kappa shape index (κ3) is 4.71. The van der Waals surface area contributed by atoms with Gasteiger partial charge in [0.05, 0.1) is 17.9 Å². The van der Waals surface area contributed by atoms with Crippen LogP contribution in [0.4, 0.5) is 5.69 Å². The van der Waals surface area contributed by atoms with Crippen molar-refractivity contribution in [2.24, 2.45) is 0 Å². The molecule has 0 aliphatic carbocycles. The number of para-hydroxylation sites is 1. The summed E-state index contributed by atoms with van der Waals surface area (Å²) in [6.45, 7) is 4.70. The predicted octanol–water partition coefficient (Wildman–Crippen LogP) is 4.35. The Hall–Kier alpha value is -3.18. The van der Waals surface area contributed by atoms with E-state index in [-0.39, 0.29) is 5.97 Å². The van der Waals surface area contributed by atoms with Gasteiger partial charge in [0, 0.05) is 24.0 Å². The number of nitrogens with zero attached hydrogens (tertiary/aromatic N) is 1. The molecule has 0 unspecified atom stereocenters. The lowest BCUT2D eigenvalue weighted by Crippen LogP contribution is -2.20. The third-order valence-electron chi connectivity index (χ3n) is 4.17. The zero-order valence-corrected chi connectivity index (χ0v) is 15.5. The maximum atomic E-state index is 12.3. The molecular formula is C22H23N3O2. The zero-order valence-electron chi connectivity index (χ0n) is 15.5. The number of hydrogen-bond donors (Lipinski definition) is 2. The molecule has 0 saturated carbocycles. The number of anilines is 1. The van der Waals surface area contributed by atoms with Crippen LogP contribution in [-0.2, 0) is 11.3 Å². The van der Waals surface area contributed by atoms with Gasteiger partial charge < -0.3 is 10.2 Å². The van der Waals surface area contributed by atoms with E-state index in [9.17, 15) is 4.79 Å². The van der Waals surface area contributed by atoms with Crippen LogP contribution >= 0.6 is 0 Å². The molecule has 3 aromatic rings. The van der Waals surface area contributed by atoms with Crippen LogP contribution in [0, 0.1) is 6.92 Å². The molecule has 0 radical (unpaired) electrons. The molecule has 2 N–H and O–H groups in total. The Bertz CT molecular complexity index is 893. The monoisotopic (exact) mass is 361 g/mol. The first-order chi connectivity index (χ1) is 13.2. The van der Waals surface area contributed by atoms with Crippen LogP contribution in [0.5, 0.6) is 0 Å². The molecule has 0 aliphatic rings. The van der Waals surface area contributed by atoms with Gasteiger partial charge in [0.1, 0.15) is 0 Å². The minimum absolute atomic E-state index is 0.337. The van der Waals surface area contributed by atoms with E-state index >= 15 is 0 Å². The normalized spacial score (nSPS) is 10.4. The van der Waals surface area contributed by atoms with Gasteiger partial charge in [-0.3, -0.25) is 4.98 Å². The Balaban J connectivity index is 1.72. The number of aromatic nitrogens is 1. The van der Waals surface area contributed by atoms with Crippen molar-refractivity contribution in [2.45, 2.75) is 20.4 Å². The maximum Gasteiger partial charge on any atom is 0.340 e. The van der Waals surface area contributed by atoms with Gasteiger partial charge in [0.2, 0.25) is 0 Å². The molecule has 5 heteroatoms. The lowest BCUT2D eigenvalue weighted by molar-refractivity contribution is 0.0526. The largest absolute Gasteiger partial charge is 0.462 e. The number of hydrogen-bond acceptors (Lipinski definition) is 5. The van der Waals surface area contributed by atoms with Gasteiger partial charge in [0.15, 0.2) is 0 Å². The number of rotatable bonds is 7. The van der Waals surface area contributed by atoms with E-state index in [1.165, 1.54) is 0 Å². The molecule has 0 saturated heterocycles. The summed E-state index contributed by atoms with van der Waals surface area (Å²) in [6, 6.07) is 19.8. The number of carbonyl (C=O) groups is 1. The number of aryl methyl sites for hydroxylation is 1. The van der Waals surface area contributed by atoms with Crippen molar-refractivity contribution in [3.8, 4) is 11.3 Å². The SMILES string of the molecule is CCOC(=O)c1c(C)ccnc1-c1ccc(CNNc2ccccc2)cc1. The number of nitrogens with one attached hydrogen (secondary N) is 2. The summed E-state index contributed by atoms with van der Waals surface area (Å²) in [4.78, 5) is 16.7. The van der Waals surface area contributed by atoms with E-state index in [1.54, 1.807) is 13.1 Å². The molecule has 2 aromatic carbocycles. The molecule has 0 fully saturated rings.